The number of halogens is 1. The number of aliphatic carboxylic acids is 1. The highest BCUT2D eigenvalue weighted by atomic mass is 35.5. The van der Waals surface area contributed by atoms with Gasteiger partial charge < -0.3 is 25.5 Å². The maximum atomic E-state index is 13.2. The number of carboxylic acids is 1. The smallest absolute Gasteiger partial charge is 0.305 e. The van der Waals surface area contributed by atoms with E-state index in [0.717, 1.165) is 43.0 Å². The van der Waals surface area contributed by atoms with Gasteiger partial charge in [-0.15, -0.1) is 11.6 Å². The molecule has 2 atom stereocenters. The number of benzene rings is 1. The predicted octanol–water partition coefficient (Wildman–Crippen LogP) is 1.71. The van der Waals surface area contributed by atoms with E-state index in [9.17, 15) is 19.5 Å². The summed E-state index contributed by atoms with van der Waals surface area (Å²) in [6.45, 7) is 3.88. The van der Waals surface area contributed by atoms with Crippen LogP contribution in [0.4, 0.5) is 5.69 Å². The van der Waals surface area contributed by atoms with Crippen molar-refractivity contribution in [2.45, 2.75) is 24.3 Å². The van der Waals surface area contributed by atoms with Gasteiger partial charge in [0.15, 0.2) is 0 Å². The number of anilines is 1. The fourth-order valence-corrected chi connectivity index (χ4v) is 4.69. The highest BCUT2D eigenvalue weighted by Crippen LogP contribution is 2.25. The van der Waals surface area contributed by atoms with Crippen LogP contribution in [0.1, 0.15) is 22.3 Å². The molecule has 3 N–H and O–H groups in total. The van der Waals surface area contributed by atoms with Gasteiger partial charge in [-0.3, -0.25) is 14.4 Å². The number of amides is 2. The van der Waals surface area contributed by atoms with Gasteiger partial charge in [-0.25, -0.2) is 0 Å². The first-order chi connectivity index (χ1) is 16.4. The second-order valence-corrected chi connectivity index (χ2v) is 9.11. The molecule has 0 aromatic heterocycles. The lowest BCUT2D eigenvalue weighted by Crippen LogP contribution is -2.47. The number of fused-ring (bicyclic) bond motifs is 1. The Morgan fingerprint density at radius 2 is 2.03 bits per heavy atom. The minimum Gasteiger partial charge on any atom is -0.481 e. The number of piperazine rings is 1. The lowest BCUT2D eigenvalue weighted by Gasteiger charge is -2.32. The number of hydrogen-bond acceptors (Lipinski definition) is 5. The van der Waals surface area contributed by atoms with Crippen LogP contribution in [-0.4, -0.2) is 78.5 Å². The Kier molecular flexibility index (Phi) is 7.70. The Hall–Kier alpha value is -3.10. The highest BCUT2D eigenvalue weighted by Gasteiger charge is 2.28. The van der Waals surface area contributed by atoms with Crippen LogP contribution in [0.2, 0.25) is 0 Å². The van der Waals surface area contributed by atoms with Gasteiger partial charge in [0.25, 0.3) is 5.91 Å². The molecule has 0 bridgehead atoms. The predicted molar refractivity (Wildman–Crippen MR) is 131 cm³/mol. The molecule has 8 nitrogen and oxygen atoms in total. The first kappa shape index (κ1) is 24.0. The minimum absolute atomic E-state index is 0.129. The molecule has 34 heavy (non-hydrogen) atoms. The zero-order valence-corrected chi connectivity index (χ0v) is 19.6. The number of allylic oxidation sites excluding steroid dienone is 5. The summed E-state index contributed by atoms with van der Waals surface area (Å²) in [5.74, 6) is -1.62. The SMILES string of the molecule is O=C(O)C[C@@H](/C=C1\C=CC=CC1Cl)NC(=O)CN1CCc2ccc(N3CCNCC3)cc2C1=O. The van der Waals surface area contributed by atoms with Crippen molar-refractivity contribution < 1.29 is 19.5 Å². The van der Waals surface area contributed by atoms with Crippen LogP contribution in [-0.2, 0) is 16.0 Å². The second kappa shape index (κ2) is 10.9. The fourth-order valence-electron chi connectivity index (χ4n) is 4.46. The monoisotopic (exact) mass is 484 g/mol. The molecule has 0 radical (unpaired) electrons. The van der Waals surface area contributed by atoms with Crippen molar-refractivity contribution in [3.8, 4) is 0 Å². The quantitative estimate of drug-likeness (QED) is 0.509. The molecule has 2 amide bonds. The third kappa shape index (κ3) is 5.87. The molecule has 2 heterocycles. The first-order valence-electron chi connectivity index (χ1n) is 11.5. The number of hydrogen-bond donors (Lipinski definition) is 3. The van der Waals surface area contributed by atoms with Gasteiger partial charge in [0.1, 0.15) is 0 Å². The molecule has 1 aromatic rings. The second-order valence-electron chi connectivity index (χ2n) is 8.64. The van der Waals surface area contributed by atoms with Crippen LogP contribution in [0.5, 0.6) is 0 Å². The molecule has 0 spiro atoms. The molecule has 0 saturated carbocycles. The number of rotatable bonds is 7. The summed E-state index contributed by atoms with van der Waals surface area (Å²) in [6, 6.07) is 5.26. The van der Waals surface area contributed by atoms with Crippen LogP contribution in [0.15, 0.2) is 54.2 Å². The number of alkyl halides is 1. The van der Waals surface area contributed by atoms with E-state index >= 15 is 0 Å². The topological polar surface area (TPSA) is 102 Å². The van der Waals surface area contributed by atoms with E-state index in [1.165, 1.54) is 4.90 Å². The summed E-state index contributed by atoms with van der Waals surface area (Å²) in [6.07, 6.45) is 9.25. The zero-order chi connectivity index (χ0) is 24.1. The van der Waals surface area contributed by atoms with E-state index in [2.05, 4.69) is 21.6 Å². The summed E-state index contributed by atoms with van der Waals surface area (Å²) in [5.41, 5.74) is 3.35. The molecule has 1 fully saturated rings. The fraction of sp³-hybridized carbons (Fsp3) is 0.400. The molecule has 1 saturated heterocycles. The van der Waals surface area contributed by atoms with Crippen LogP contribution in [0.25, 0.3) is 0 Å². The van der Waals surface area contributed by atoms with Crippen molar-refractivity contribution in [3.05, 3.63) is 65.3 Å². The van der Waals surface area contributed by atoms with Crippen molar-refractivity contribution in [1.82, 2.24) is 15.5 Å². The van der Waals surface area contributed by atoms with Crippen molar-refractivity contribution in [2.75, 3.05) is 44.2 Å². The van der Waals surface area contributed by atoms with E-state index in [0.29, 0.717) is 18.5 Å². The molecule has 1 aromatic carbocycles. The Bertz CT molecular complexity index is 1050. The Morgan fingerprint density at radius 3 is 2.76 bits per heavy atom. The largest absolute Gasteiger partial charge is 0.481 e. The van der Waals surface area contributed by atoms with Gasteiger partial charge in [0.05, 0.1) is 24.4 Å². The number of nitrogens with zero attached hydrogens (tertiary/aromatic N) is 2. The third-order valence-electron chi connectivity index (χ3n) is 6.21. The third-order valence-corrected chi connectivity index (χ3v) is 6.61. The lowest BCUT2D eigenvalue weighted by atomic mass is 9.97. The maximum absolute atomic E-state index is 13.2. The summed E-state index contributed by atoms with van der Waals surface area (Å²) in [4.78, 5) is 41.1. The van der Waals surface area contributed by atoms with E-state index in [4.69, 9.17) is 11.6 Å². The van der Waals surface area contributed by atoms with Crippen molar-refractivity contribution in [1.29, 1.82) is 0 Å². The van der Waals surface area contributed by atoms with Crippen LogP contribution >= 0.6 is 11.6 Å². The van der Waals surface area contributed by atoms with Gasteiger partial charge in [-0.1, -0.05) is 36.4 Å². The molecule has 4 rings (SSSR count). The Balaban J connectivity index is 1.43. The van der Waals surface area contributed by atoms with Crippen LogP contribution < -0.4 is 15.5 Å². The van der Waals surface area contributed by atoms with Gasteiger partial charge in [-0.05, 0) is 29.7 Å². The van der Waals surface area contributed by atoms with E-state index < -0.39 is 17.9 Å². The molecule has 1 aliphatic carbocycles. The average Bonchev–Trinajstić information content (AvgIpc) is 2.82. The number of carbonyl (C=O) groups is 3. The van der Waals surface area contributed by atoms with E-state index in [-0.39, 0.29) is 24.2 Å². The molecular formula is C25H29ClN4O4. The van der Waals surface area contributed by atoms with Crippen molar-refractivity contribution in [3.63, 3.8) is 0 Å². The summed E-state index contributed by atoms with van der Waals surface area (Å²) in [7, 11) is 0. The van der Waals surface area contributed by atoms with Gasteiger partial charge >= 0.3 is 5.97 Å². The van der Waals surface area contributed by atoms with Crippen molar-refractivity contribution in [2.24, 2.45) is 0 Å². The number of carbonyl (C=O) groups excluding carboxylic acids is 2. The summed E-state index contributed by atoms with van der Waals surface area (Å²) >= 11 is 6.27. The number of nitrogens with one attached hydrogen (secondary N) is 2. The summed E-state index contributed by atoms with van der Waals surface area (Å²) < 4.78 is 0. The number of carboxylic acid groups (broad SMARTS) is 1. The van der Waals surface area contributed by atoms with E-state index in [1.807, 2.05) is 24.3 Å². The van der Waals surface area contributed by atoms with Gasteiger partial charge in [-0.2, -0.15) is 0 Å². The zero-order valence-electron chi connectivity index (χ0n) is 18.9. The summed E-state index contributed by atoms with van der Waals surface area (Å²) in [5, 5.41) is 15.0. The molecule has 9 heteroatoms. The van der Waals surface area contributed by atoms with Crippen LogP contribution in [0, 0.1) is 0 Å². The van der Waals surface area contributed by atoms with Gasteiger partial charge in [0.2, 0.25) is 5.91 Å². The normalized spacial score (nSPS) is 22.0. The van der Waals surface area contributed by atoms with Crippen LogP contribution in [0.3, 0.4) is 0 Å². The molecule has 1 unspecified atom stereocenters. The molecule has 3 aliphatic rings. The molecular weight excluding hydrogens is 456 g/mol. The molecule has 2 aliphatic heterocycles. The van der Waals surface area contributed by atoms with E-state index in [1.54, 1.807) is 18.2 Å². The van der Waals surface area contributed by atoms with Gasteiger partial charge in [0, 0.05) is 44.0 Å². The average molecular weight is 485 g/mol. The Labute approximate surface area is 203 Å². The minimum atomic E-state index is -1.04. The van der Waals surface area contributed by atoms with Crippen molar-refractivity contribution >= 4 is 35.1 Å². The maximum Gasteiger partial charge on any atom is 0.305 e. The highest BCUT2D eigenvalue weighted by molar-refractivity contribution is 6.24. The standard InChI is InChI=1S/C25H29ClN4O4/c26-22-4-2-1-3-18(22)13-19(14-24(32)33)28-23(31)16-30-10-7-17-5-6-20(15-21(17)25(30)34)29-11-8-27-9-12-29/h1-6,13,15,19,22,27H,7-12,14,16H2,(H,28,31)(H,32,33)/b18-13+/t19-,22?/m1/s1. The Morgan fingerprint density at radius 1 is 1.24 bits per heavy atom. The first-order valence-corrected chi connectivity index (χ1v) is 11.9. The molecule has 180 valence electrons. The lowest BCUT2D eigenvalue weighted by molar-refractivity contribution is -0.137.